The summed E-state index contributed by atoms with van der Waals surface area (Å²) in [5, 5.41) is 5.54. The van der Waals surface area contributed by atoms with E-state index in [0.29, 0.717) is 30.1 Å². The van der Waals surface area contributed by atoms with E-state index in [0.717, 1.165) is 0 Å². The van der Waals surface area contributed by atoms with Crippen molar-refractivity contribution in [1.29, 1.82) is 0 Å². The molecule has 1 heterocycles. The van der Waals surface area contributed by atoms with E-state index in [4.69, 9.17) is 10.5 Å². The molecule has 0 spiro atoms. The number of anilines is 2. The van der Waals surface area contributed by atoms with Crippen LogP contribution in [0.25, 0.3) is 0 Å². The third-order valence-electron chi connectivity index (χ3n) is 5.53. The van der Waals surface area contributed by atoms with Gasteiger partial charge < -0.3 is 21.1 Å². The lowest BCUT2D eigenvalue weighted by molar-refractivity contribution is -0.166. The summed E-state index contributed by atoms with van der Waals surface area (Å²) in [5.74, 6) is -0.116. The lowest BCUT2D eigenvalue weighted by Crippen LogP contribution is -2.74. The molecule has 1 aromatic heterocycles. The summed E-state index contributed by atoms with van der Waals surface area (Å²) in [5.41, 5.74) is 5.97. The van der Waals surface area contributed by atoms with E-state index in [1.54, 1.807) is 36.4 Å². The van der Waals surface area contributed by atoms with Crippen molar-refractivity contribution in [3.05, 3.63) is 54.2 Å². The number of rotatable bonds is 6. The summed E-state index contributed by atoms with van der Waals surface area (Å²) in [4.78, 5) is 29.1. The first-order valence-electron chi connectivity index (χ1n) is 9.32. The first-order valence-corrected chi connectivity index (χ1v) is 9.32. The van der Waals surface area contributed by atoms with Crippen LogP contribution < -0.4 is 16.4 Å². The first kappa shape index (κ1) is 25.8. The van der Waals surface area contributed by atoms with Crippen molar-refractivity contribution in [1.82, 2.24) is 4.98 Å². The summed E-state index contributed by atoms with van der Waals surface area (Å²) < 4.78 is 5.67. The Labute approximate surface area is 189 Å². The van der Waals surface area contributed by atoms with Crippen molar-refractivity contribution in [3.63, 3.8) is 0 Å². The molecule has 1 aromatic carbocycles. The van der Waals surface area contributed by atoms with E-state index in [-0.39, 0.29) is 42.7 Å². The summed E-state index contributed by atoms with van der Waals surface area (Å²) >= 11 is 0. The highest BCUT2D eigenvalue weighted by molar-refractivity contribution is 6.04. The Balaban J connectivity index is 0.00000225. The predicted molar refractivity (Wildman–Crippen MR) is 122 cm³/mol. The Morgan fingerprint density at radius 1 is 1.13 bits per heavy atom. The zero-order chi connectivity index (χ0) is 20.4. The van der Waals surface area contributed by atoms with Crippen molar-refractivity contribution in [2.75, 3.05) is 17.2 Å². The highest BCUT2D eigenvalue weighted by Crippen LogP contribution is 2.50. The second-order valence-electron chi connectivity index (χ2n) is 7.55. The van der Waals surface area contributed by atoms with Gasteiger partial charge in [-0.1, -0.05) is 32.0 Å². The molecule has 1 aliphatic rings. The van der Waals surface area contributed by atoms with Gasteiger partial charge in [-0.2, -0.15) is 0 Å². The van der Waals surface area contributed by atoms with Gasteiger partial charge in [0.15, 0.2) is 0 Å². The van der Waals surface area contributed by atoms with Gasteiger partial charge >= 0.3 is 0 Å². The topological polar surface area (TPSA) is 106 Å². The van der Waals surface area contributed by atoms with Gasteiger partial charge in [-0.15, -0.1) is 24.8 Å². The number of nitrogens with two attached hydrogens (primary N) is 1. The van der Waals surface area contributed by atoms with Crippen LogP contribution in [0.15, 0.2) is 48.7 Å². The van der Waals surface area contributed by atoms with Crippen molar-refractivity contribution >= 4 is 48.1 Å². The van der Waals surface area contributed by atoms with Crippen LogP contribution in [-0.4, -0.2) is 35.0 Å². The van der Waals surface area contributed by atoms with Gasteiger partial charge in [0.05, 0.1) is 18.0 Å². The number of ether oxygens (including phenoxy) is 1. The van der Waals surface area contributed by atoms with Crippen molar-refractivity contribution in [2.45, 2.75) is 38.8 Å². The Bertz CT molecular complexity index is 862. The molecule has 4 N–H and O–H groups in total. The Hall–Kier alpha value is -2.19. The van der Waals surface area contributed by atoms with E-state index in [1.165, 1.54) is 6.20 Å². The number of hydrogen-bond acceptors (Lipinski definition) is 5. The van der Waals surface area contributed by atoms with Gasteiger partial charge in [0, 0.05) is 24.0 Å². The maximum Gasteiger partial charge on any atom is 0.256 e. The average molecular weight is 455 g/mol. The zero-order valence-corrected chi connectivity index (χ0v) is 18.8. The highest BCUT2D eigenvalue weighted by Gasteiger charge is 2.62. The standard InChI is InChI=1S/C21H26N4O3.2ClH/c1-4-28-16-12-21(22,20(16,2)3)19(27)24-15-10-11-17(23-13-15)25-18(26)14-8-6-5-7-9-14;;/h5-11,13,16H,4,12,22H2,1-3H3,(H,24,27)(H,23,25,26);2*1H. The molecular weight excluding hydrogens is 427 g/mol. The number of halogens is 2. The smallest absolute Gasteiger partial charge is 0.256 e. The van der Waals surface area contributed by atoms with E-state index >= 15 is 0 Å². The molecule has 0 bridgehead atoms. The fourth-order valence-corrected chi connectivity index (χ4v) is 3.38. The summed E-state index contributed by atoms with van der Waals surface area (Å²) in [6.45, 7) is 6.40. The zero-order valence-electron chi connectivity index (χ0n) is 17.2. The van der Waals surface area contributed by atoms with E-state index < -0.39 is 11.0 Å². The SMILES string of the molecule is CCOC1CC(N)(C(=O)Nc2ccc(NC(=O)c3ccccc3)nc2)C1(C)C.Cl.Cl. The van der Waals surface area contributed by atoms with E-state index in [1.807, 2.05) is 26.8 Å². The van der Waals surface area contributed by atoms with Crippen LogP contribution in [0, 0.1) is 5.41 Å². The Morgan fingerprint density at radius 2 is 1.80 bits per heavy atom. The number of benzene rings is 1. The molecule has 2 atom stereocenters. The number of carbonyl (C=O) groups excluding carboxylic acids is 2. The van der Waals surface area contributed by atoms with E-state index in [9.17, 15) is 9.59 Å². The van der Waals surface area contributed by atoms with Crippen LogP contribution in [0.3, 0.4) is 0 Å². The predicted octanol–water partition coefficient (Wildman–Crippen LogP) is 3.65. The number of nitrogens with one attached hydrogen (secondary N) is 2. The van der Waals surface area contributed by atoms with Crippen LogP contribution in [0.5, 0.6) is 0 Å². The van der Waals surface area contributed by atoms with Crippen LogP contribution >= 0.6 is 24.8 Å². The van der Waals surface area contributed by atoms with Gasteiger partial charge in [-0.3, -0.25) is 9.59 Å². The molecule has 7 nitrogen and oxygen atoms in total. The van der Waals surface area contributed by atoms with Gasteiger partial charge in [-0.25, -0.2) is 4.98 Å². The lowest BCUT2D eigenvalue weighted by Gasteiger charge is -2.57. The first-order chi connectivity index (χ1) is 13.3. The van der Waals surface area contributed by atoms with Crippen LogP contribution in [-0.2, 0) is 9.53 Å². The van der Waals surface area contributed by atoms with Gasteiger partial charge in [0.1, 0.15) is 11.4 Å². The molecule has 3 rings (SSSR count). The fraction of sp³-hybridized carbons (Fsp3) is 0.381. The maximum absolute atomic E-state index is 12.7. The Kier molecular flexibility index (Phi) is 8.80. The molecule has 164 valence electrons. The van der Waals surface area contributed by atoms with Crippen molar-refractivity contribution in [3.8, 4) is 0 Å². The summed E-state index contributed by atoms with van der Waals surface area (Å²) in [6.07, 6.45) is 1.92. The molecule has 0 aliphatic heterocycles. The molecule has 0 radical (unpaired) electrons. The number of carbonyl (C=O) groups is 2. The molecule has 2 unspecified atom stereocenters. The third kappa shape index (κ3) is 4.92. The number of pyridine rings is 1. The molecule has 2 amide bonds. The molecule has 1 fully saturated rings. The van der Waals surface area contributed by atoms with Gasteiger partial charge in [0.2, 0.25) is 5.91 Å². The molecule has 1 aliphatic carbocycles. The van der Waals surface area contributed by atoms with Crippen LogP contribution in [0.1, 0.15) is 37.6 Å². The number of amides is 2. The maximum atomic E-state index is 12.7. The summed E-state index contributed by atoms with van der Waals surface area (Å²) in [6, 6.07) is 12.2. The minimum atomic E-state index is -1.01. The van der Waals surface area contributed by atoms with Crippen LogP contribution in [0.2, 0.25) is 0 Å². The van der Waals surface area contributed by atoms with Gasteiger partial charge in [0.25, 0.3) is 5.91 Å². The minimum absolute atomic E-state index is 0. The fourth-order valence-electron chi connectivity index (χ4n) is 3.38. The van der Waals surface area contributed by atoms with Crippen molar-refractivity contribution in [2.24, 2.45) is 11.1 Å². The molecule has 9 heteroatoms. The van der Waals surface area contributed by atoms with E-state index in [2.05, 4.69) is 15.6 Å². The van der Waals surface area contributed by atoms with Crippen molar-refractivity contribution < 1.29 is 14.3 Å². The lowest BCUT2D eigenvalue weighted by atomic mass is 9.54. The molecule has 2 aromatic rings. The minimum Gasteiger partial charge on any atom is -0.378 e. The number of hydrogen-bond donors (Lipinski definition) is 3. The largest absolute Gasteiger partial charge is 0.378 e. The summed E-state index contributed by atoms with van der Waals surface area (Å²) in [7, 11) is 0. The molecular formula is C21H28Cl2N4O3. The number of nitrogens with zero attached hydrogens (tertiary/aromatic N) is 1. The molecule has 0 saturated heterocycles. The Morgan fingerprint density at radius 3 is 2.33 bits per heavy atom. The van der Waals surface area contributed by atoms with Gasteiger partial charge in [-0.05, 0) is 31.2 Å². The number of aromatic nitrogens is 1. The quantitative estimate of drug-likeness (QED) is 0.617. The second-order valence-corrected chi connectivity index (χ2v) is 7.55. The highest BCUT2D eigenvalue weighted by atomic mass is 35.5. The third-order valence-corrected chi connectivity index (χ3v) is 5.53. The normalized spacial score (nSPS) is 21.3. The molecule has 1 saturated carbocycles. The molecule has 30 heavy (non-hydrogen) atoms. The second kappa shape index (κ2) is 10.2. The average Bonchev–Trinajstić information content (AvgIpc) is 2.69. The monoisotopic (exact) mass is 454 g/mol. The van der Waals surface area contributed by atoms with Crippen LogP contribution in [0.4, 0.5) is 11.5 Å².